The van der Waals surface area contributed by atoms with Gasteiger partial charge < -0.3 is 15.7 Å². The summed E-state index contributed by atoms with van der Waals surface area (Å²) in [6.45, 7) is 2.70. The summed E-state index contributed by atoms with van der Waals surface area (Å²) in [5.41, 5.74) is 7.29. The third kappa shape index (κ3) is 3.32. The first-order chi connectivity index (χ1) is 14.1. The van der Waals surface area contributed by atoms with Gasteiger partial charge in [0, 0.05) is 42.5 Å². The van der Waals surface area contributed by atoms with Crippen LogP contribution in [0.3, 0.4) is 0 Å². The van der Waals surface area contributed by atoms with Gasteiger partial charge in [0.25, 0.3) is 0 Å². The number of rotatable bonds is 5. The molecule has 7 heteroatoms. The lowest BCUT2D eigenvalue weighted by molar-refractivity contribution is 0.152. The van der Waals surface area contributed by atoms with Crippen LogP contribution < -0.4 is 16.0 Å². The highest BCUT2D eigenvalue weighted by Crippen LogP contribution is 2.39. The van der Waals surface area contributed by atoms with Gasteiger partial charge in [-0.3, -0.25) is 10.3 Å². The van der Waals surface area contributed by atoms with Crippen molar-refractivity contribution in [2.24, 2.45) is 0 Å². The first-order valence-electron chi connectivity index (χ1n) is 9.95. The van der Waals surface area contributed by atoms with Gasteiger partial charge in [-0.2, -0.15) is 0 Å². The minimum atomic E-state index is -0.654. The van der Waals surface area contributed by atoms with E-state index in [1.807, 2.05) is 31.6 Å². The fourth-order valence-corrected chi connectivity index (χ4v) is 3.97. The Morgan fingerprint density at radius 3 is 2.55 bits per heavy atom. The molecule has 0 saturated heterocycles. The van der Waals surface area contributed by atoms with E-state index in [1.54, 1.807) is 6.20 Å². The second kappa shape index (κ2) is 7.09. The minimum Gasteiger partial charge on any atom is -0.388 e. The van der Waals surface area contributed by atoms with Gasteiger partial charge >= 0.3 is 0 Å². The van der Waals surface area contributed by atoms with Crippen LogP contribution in [0.4, 0.5) is 17.3 Å². The molecule has 4 N–H and O–H groups in total. The number of fused-ring (bicyclic) bond motifs is 1. The molecule has 148 valence electrons. The van der Waals surface area contributed by atoms with Crippen molar-refractivity contribution in [3.63, 3.8) is 0 Å². The van der Waals surface area contributed by atoms with Gasteiger partial charge in [0.15, 0.2) is 0 Å². The average Bonchev–Trinajstić information content (AvgIpc) is 3.51. The van der Waals surface area contributed by atoms with Crippen molar-refractivity contribution < 1.29 is 5.11 Å². The summed E-state index contributed by atoms with van der Waals surface area (Å²) in [5.74, 6) is 2.03. The van der Waals surface area contributed by atoms with Gasteiger partial charge in [-0.05, 0) is 48.6 Å². The Morgan fingerprint density at radius 1 is 1.03 bits per heavy atom. The molecule has 1 fully saturated rings. The summed E-state index contributed by atoms with van der Waals surface area (Å²) in [5, 5.41) is 19.8. The van der Waals surface area contributed by atoms with Crippen molar-refractivity contribution in [2.75, 3.05) is 17.7 Å². The van der Waals surface area contributed by atoms with Crippen molar-refractivity contribution in [3.05, 3.63) is 59.2 Å². The zero-order chi connectivity index (χ0) is 20.0. The molecule has 2 aliphatic rings. The van der Waals surface area contributed by atoms with E-state index >= 15 is 0 Å². The van der Waals surface area contributed by atoms with Crippen LogP contribution in [0.5, 0.6) is 0 Å². The summed E-state index contributed by atoms with van der Waals surface area (Å²) in [7, 11) is 1.87. The molecule has 1 aromatic carbocycles. The fourth-order valence-electron chi connectivity index (χ4n) is 3.97. The zero-order valence-corrected chi connectivity index (χ0v) is 16.5. The third-order valence-electron chi connectivity index (χ3n) is 5.70. The van der Waals surface area contributed by atoms with E-state index in [0.29, 0.717) is 18.3 Å². The summed E-state index contributed by atoms with van der Waals surface area (Å²) >= 11 is 0. The Morgan fingerprint density at radius 2 is 1.86 bits per heavy atom. The lowest BCUT2D eigenvalue weighted by Gasteiger charge is -2.16. The largest absolute Gasteiger partial charge is 0.388 e. The van der Waals surface area contributed by atoms with E-state index in [4.69, 9.17) is 0 Å². The van der Waals surface area contributed by atoms with Crippen molar-refractivity contribution in [1.82, 2.24) is 20.3 Å². The maximum absolute atomic E-state index is 10.3. The number of nitrogens with zero attached hydrogens (tertiary/aromatic N) is 3. The minimum absolute atomic E-state index is 0.597. The maximum atomic E-state index is 10.3. The molecule has 0 spiro atoms. The molecule has 0 bridgehead atoms. The number of benzene rings is 1. The second-order valence-electron chi connectivity index (χ2n) is 7.70. The Hall–Kier alpha value is -3.03. The second-order valence-corrected chi connectivity index (χ2v) is 7.70. The summed E-state index contributed by atoms with van der Waals surface area (Å²) in [4.78, 5) is 13.6. The van der Waals surface area contributed by atoms with Crippen LogP contribution in [0.25, 0.3) is 11.1 Å². The number of anilines is 3. The normalized spacial score (nSPS) is 17.8. The SMILES string of the molecule is CNc1ccc(-c2cnc(Nc3cnc(C4CC4)cn3)cc2C)c2c1C(O)NC2. The average molecular weight is 388 g/mol. The Balaban J connectivity index is 1.43. The zero-order valence-electron chi connectivity index (χ0n) is 16.5. The molecule has 0 amide bonds. The predicted molar refractivity (Wildman–Crippen MR) is 113 cm³/mol. The third-order valence-corrected chi connectivity index (χ3v) is 5.70. The van der Waals surface area contributed by atoms with E-state index in [2.05, 4.69) is 43.9 Å². The number of hydrogen-bond donors (Lipinski definition) is 4. The van der Waals surface area contributed by atoms with Gasteiger partial charge in [0.1, 0.15) is 17.9 Å². The van der Waals surface area contributed by atoms with Crippen LogP contribution in [0, 0.1) is 6.92 Å². The van der Waals surface area contributed by atoms with Crippen LogP contribution in [0.15, 0.2) is 36.8 Å². The van der Waals surface area contributed by atoms with Crippen LogP contribution in [-0.4, -0.2) is 27.1 Å². The van der Waals surface area contributed by atoms with Crippen LogP contribution in [0.2, 0.25) is 0 Å². The number of hydrogen-bond acceptors (Lipinski definition) is 7. The monoisotopic (exact) mass is 388 g/mol. The molecule has 2 aromatic heterocycles. The highest BCUT2D eigenvalue weighted by atomic mass is 16.3. The molecule has 1 saturated carbocycles. The Kier molecular flexibility index (Phi) is 4.41. The lowest BCUT2D eigenvalue weighted by atomic mass is 9.94. The van der Waals surface area contributed by atoms with Gasteiger partial charge in [0.2, 0.25) is 0 Å². The fraction of sp³-hybridized carbons (Fsp3) is 0.318. The molecule has 3 heterocycles. The highest BCUT2D eigenvalue weighted by molar-refractivity contribution is 5.77. The molecule has 1 unspecified atom stereocenters. The molecule has 1 aliphatic heterocycles. The molecule has 7 nitrogen and oxygen atoms in total. The molecule has 1 atom stereocenters. The van der Waals surface area contributed by atoms with Crippen LogP contribution in [-0.2, 0) is 6.54 Å². The molecule has 5 rings (SSSR count). The van der Waals surface area contributed by atoms with Crippen molar-refractivity contribution in [2.45, 2.75) is 38.5 Å². The number of aliphatic hydroxyl groups is 1. The smallest absolute Gasteiger partial charge is 0.150 e. The van der Waals surface area contributed by atoms with E-state index in [9.17, 15) is 5.11 Å². The van der Waals surface area contributed by atoms with Crippen LogP contribution >= 0.6 is 0 Å². The first-order valence-corrected chi connectivity index (χ1v) is 9.95. The Bertz CT molecular complexity index is 1060. The standard InChI is InChI=1S/C22H24N6O/c1-12-7-19(28-20-11-24-18(10-26-20)13-3-4-13)25-8-15(12)14-5-6-17(23-2)21-16(14)9-27-22(21)29/h5-8,10-11,13,22-23,27,29H,3-4,9H2,1-2H3,(H,25,26,28). The summed E-state index contributed by atoms with van der Waals surface area (Å²) in [6.07, 6.45) is 7.29. The number of aliphatic hydroxyl groups excluding tert-OH is 1. The van der Waals surface area contributed by atoms with Crippen LogP contribution in [0.1, 0.15) is 47.4 Å². The van der Waals surface area contributed by atoms with E-state index in [-0.39, 0.29) is 0 Å². The lowest BCUT2D eigenvalue weighted by Crippen LogP contribution is -2.11. The van der Waals surface area contributed by atoms with E-state index < -0.39 is 6.23 Å². The molecule has 1 aliphatic carbocycles. The Labute approximate surface area is 169 Å². The molecule has 29 heavy (non-hydrogen) atoms. The quantitative estimate of drug-likeness (QED) is 0.530. The molecular weight excluding hydrogens is 364 g/mol. The van der Waals surface area contributed by atoms with Crippen molar-refractivity contribution in [1.29, 1.82) is 0 Å². The highest BCUT2D eigenvalue weighted by Gasteiger charge is 2.27. The number of nitrogens with one attached hydrogen (secondary N) is 3. The molecule has 0 radical (unpaired) electrons. The van der Waals surface area contributed by atoms with E-state index in [1.165, 1.54) is 12.8 Å². The van der Waals surface area contributed by atoms with Gasteiger partial charge in [-0.1, -0.05) is 6.07 Å². The van der Waals surface area contributed by atoms with Gasteiger partial charge in [-0.15, -0.1) is 0 Å². The van der Waals surface area contributed by atoms with Gasteiger partial charge in [0.05, 0.1) is 18.1 Å². The van der Waals surface area contributed by atoms with E-state index in [0.717, 1.165) is 45.0 Å². The summed E-state index contributed by atoms with van der Waals surface area (Å²) < 4.78 is 0. The summed E-state index contributed by atoms with van der Waals surface area (Å²) in [6, 6.07) is 6.11. The predicted octanol–water partition coefficient (Wildman–Crippen LogP) is 3.60. The number of aromatic nitrogens is 3. The number of aryl methyl sites for hydroxylation is 1. The number of pyridine rings is 1. The molecule has 3 aromatic rings. The molecular formula is C22H24N6O. The first kappa shape index (κ1) is 18.0. The van der Waals surface area contributed by atoms with Crippen molar-refractivity contribution in [3.8, 4) is 11.1 Å². The van der Waals surface area contributed by atoms with Crippen molar-refractivity contribution >= 4 is 17.3 Å². The van der Waals surface area contributed by atoms with Gasteiger partial charge in [-0.25, -0.2) is 9.97 Å². The maximum Gasteiger partial charge on any atom is 0.150 e. The topological polar surface area (TPSA) is 95.0 Å².